The Labute approximate surface area is 180 Å². The zero-order chi connectivity index (χ0) is 21.7. The summed E-state index contributed by atoms with van der Waals surface area (Å²) in [4.78, 5) is 37.6. The van der Waals surface area contributed by atoms with Crippen LogP contribution in [0.25, 0.3) is 11.4 Å². The molecular formula is C23H26N6O2. The fourth-order valence-electron chi connectivity index (χ4n) is 4.41. The van der Waals surface area contributed by atoms with E-state index < -0.39 is 0 Å². The third kappa shape index (κ3) is 3.36. The molecule has 160 valence electrons. The van der Waals surface area contributed by atoms with Gasteiger partial charge in [0, 0.05) is 36.7 Å². The van der Waals surface area contributed by atoms with E-state index in [1.807, 2.05) is 40.9 Å². The second-order valence-corrected chi connectivity index (χ2v) is 8.76. The molecule has 0 spiro atoms. The molecule has 0 N–H and O–H groups in total. The van der Waals surface area contributed by atoms with Crippen molar-refractivity contribution in [2.75, 3.05) is 6.54 Å². The summed E-state index contributed by atoms with van der Waals surface area (Å²) < 4.78 is 3.61. The zero-order valence-corrected chi connectivity index (χ0v) is 18.0. The number of hydrogen-bond acceptors (Lipinski definition) is 5. The predicted molar refractivity (Wildman–Crippen MR) is 116 cm³/mol. The lowest BCUT2D eigenvalue weighted by molar-refractivity contribution is 0.0533. The van der Waals surface area contributed by atoms with Gasteiger partial charge in [-0.15, -0.1) is 0 Å². The first-order valence-corrected chi connectivity index (χ1v) is 10.8. The first kappa shape index (κ1) is 19.7. The standard InChI is InChI=1S/C23H26N6O2/c1-14(2)19-21-25-20(16-5-4-9-24-13-16)26-29(21)12-11-28(19)23(31)18-15(3)8-10-27(22(18)30)17-6-7-17/h4-5,8-10,13-14,17,19H,6-7,11-12H2,1-3H3/t19-/m1/s1. The molecule has 1 amide bonds. The van der Waals surface area contributed by atoms with Crippen LogP contribution in [0.2, 0.25) is 0 Å². The number of carbonyl (C=O) groups excluding carboxylic acids is 1. The van der Waals surface area contributed by atoms with Crippen molar-refractivity contribution in [3.05, 3.63) is 64.1 Å². The van der Waals surface area contributed by atoms with Gasteiger partial charge < -0.3 is 9.47 Å². The van der Waals surface area contributed by atoms with Gasteiger partial charge in [-0.25, -0.2) is 9.67 Å². The minimum atomic E-state index is -0.257. The van der Waals surface area contributed by atoms with Crippen LogP contribution in [0.4, 0.5) is 0 Å². The number of rotatable bonds is 4. The van der Waals surface area contributed by atoms with Crippen LogP contribution in [0.1, 0.15) is 60.5 Å². The molecule has 0 saturated heterocycles. The Balaban J connectivity index is 1.54. The molecule has 4 heterocycles. The maximum atomic E-state index is 13.7. The Kier molecular flexibility index (Phi) is 4.72. The van der Waals surface area contributed by atoms with Gasteiger partial charge in [0.15, 0.2) is 11.6 Å². The van der Waals surface area contributed by atoms with Gasteiger partial charge in [-0.05, 0) is 49.4 Å². The smallest absolute Gasteiger partial charge is 0.263 e. The van der Waals surface area contributed by atoms with Crippen molar-refractivity contribution in [1.82, 2.24) is 29.2 Å². The molecule has 1 aliphatic carbocycles. The van der Waals surface area contributed by atoms with Crippen LogP contribution in [0, 0.1) is 12.8 Å². The monoisotopic (exact) mass is 418 g/mol. The summed E-state index contributed by atoms with van der Waals surface area (Å²) in [5, 5.41) is 4.66. The molecule has 1 atom stereocenters. The predicted octanol–water partition coefficient (Wildman–Crippen LogP) is 3.00. The highest BCUT2D eigenvalue weighted by Crippen LogP contribution is 2.35. The molecule has 0 radical (unpaired) electrons. The van der Waals surface area contributed by atoms with Crippen LogP contribution < -0.4 is 5.56 Å². The summed E-state index contributed by atoms with van der Waals surface area (Å²) in [5.41, 5.74) is 1.66. The largest absolute Gasteiger partial charge is 0.326 e. The average Bonchev–Trinajstić information content (AvgIpc) is 3.50. The van der Waals surface area contributed by atoms with E-state index in [4.69, 9.17) is 4.98 Å². The zero-order valence-electron chi connectivity index (χ0n) is 18.0. The summed E-state index contributed by atoms with van der Waals surface area (Å²) in [6.45, 7) is 7.00. The molecule has 8 heteroatoms. The lowest BCUT2D eigenvalue weighted by Crippen LogP contribution is -2.46. The highest BCUT2D eigenvalue weighted by atomic mass is 16.2. The van der Waals surface area contributed by atoms with E-state index in [-0.39, 0.29) is 35.0 Å². The van der Waals surface area contributed by atoms with E-state index in [1.165, 1.54) is 0 Å². The van der Waals surface area contributed by atoms with Crippen LogP contribution in [0.15, 0.2) is 41.6 Å². The number of hydrogen-bond donors (Lipinski definition) is 0. The number of aryl methyl sites for hydroxylation is 1. The fraction of sp³-hybridized carbons (Fsp3) is 0.435. The lowest BCUT2D eigenvalue weighted by Gasteiger charge is -2.37. The van der Waals surface area contributed by atoms with Gasteiger partial charge in [-0.3, -0.25) is 14.6 Å². The second kappa shape index (κ2) is 7.44. The molecule has 0 unspecified atom stereocenters. The van der Waals surface area contributed by atoms with Gasteiger partial charge in [0.2, 0.25) is 0 Å². The van der Waals surface area contributed by atoms with Crippen molar-refractivity contribution < 1.29 is 4.79 Å². The van der Waals surface area contributed by atoms with Crippen molar-refractivity contribution in [3.63, 3.8) is 0 Å². The Hall–Kier alpha value is -3.29. The SMILES string of the molecule is Cc1ccn(C2CC2)c(=O)c1C(=O)N1CCn2nc(-c3cccnc3)nc2[C@H]1C(C)C. The van der Waals surface area contributed by atoms with Gasteiger partial charge >= 0.3 is 0 Å². The Morgan fingerprint density at radius 1 is 1.19 bits per heavy atom. The molecular weight excluding hydrogens is 392 g/mol. The lowest BCUT2D eigenvalue weighted by atomic mass is 9.98. The first-order valence-electron chi connectivity index (χ1n) is 10.8. The topological polar surface area (TPSA) is 85.9 Å². The minimum absolute atomic E-state index is 0.114. The van der Waals surface area contributed by atoms with Crippen molar-refractivity contribution in [3.8, 4) is 11.4 Å². The van der Waals surface area contributed by atoms with Gasteiger partial charge in [-0.1, -0.05) is 13.8 Å². The van der Waals surface area contributed by atoms with Crippen LogP contribution >= 0.6 is 0 Å². The van der Waals surface area contributed by atoms with Crippen LogP contribution in [0.5, 0.6) is 0 Å². The Bertz CT molecular complexity index is 1190. The molecule has 0 bridgehead atoms. The highest BCUT2D eigenvalue weighted by molar-refractivity contribution is 5.95. The van der Waals surface area contributed by atoms with E-state index in [0.717, 1.165) is 29.8 Å². The summed E-state index contributed by atoms with van der Waals surface area (Å²) in [6.07, 6.45) is 7.26. The normalized spacial score (nSPS) is 18.3. The summed E-state index contributed by atoms with van der Waals surface area (Å²) >= 11 is 0. The molecule has 2 aliphatic rings. The quantitative estimate of drug-likeness (QED) is 0.650. The van der Waals surface area contributed by atoms with Gasteiger partial charge in [0.1, 0.15) is 5.56 Å². The number of aromatic nitrogens is 5. The number of pyridine rings is 2. The first-order chi connectivity index (χ1) is 15.0. The van der Waals surface area contributed by atoms with Crippen molar-refractivity contribution in [1.29, 1.82) is 0 Å². The molecule has 3 aromatic rings. The minimum Gasteiger partial charge on any atom is -0.326 e. The molecule has 1 saturated carbocycles. The highest BCUT2D eigenvalue weighted by Gasteiger charge is 2.38. The number of amides is 1. The fourth-order valence-corrected chi connectivity index (χ4v) is 4.41. The van der Waals surface area contributed by atoms with Crippen molar-refractivity contribution in [2.24, 2.45) is 5.92 Å². The van der Waals surface area contributed by atoms with Gasteiger partial charge in [0.25, 0.3) is 11.5 Å². The van der Waals surface area contributed by atoms with Crippen LogP contribution in [-0.2, 0) is 6.54 Å². The molecule has 0 aromatic carbocycles. The van der Waals surface area contributed by atoms with E-state index in [0.29, 0.717) is 18.9 Å². The average molecular weight is 419 g/mol. The molecule has 8 nitrogen and oxygen atoms in total. The Morgan fingerprint density at radius 2 is 2.00 bits per heavy atom. The third-order valence-electron chi connectivity index (χ3n) is 6.15. The maximum absolute atomic E-state index is 13.7. The van der Waals surface area contributed by atoms with E-state index in [1.54, 1.807) is 17.0 Å². The maximum Gasteiger partial charge on any atom is 0.263 e. The number of carbonyl (C=O) groups is 1. The summed E-state index contributed by atoms with van der Waals surface area (Å²) in [5.74, 6) is 1.26. The van der Waals surface area contributed by atoms with Crippen molar-refractivity contribution in [2.45, 2.75) is 52.2 Å². The molecule has 5 rings (SSSR count). The summed E-state index contributed by atoms with van der Waals surface area (Å²) in [6, 6.07) is 5.63. The molecule has 1 aliphatic heterocycles. The third-order valence-corrected chi connectivity index (χ3v) is 6.15. The Morgan fingerprint density at radius 3 is 2.68 bits per heavy atom. The number of nitrogens with zero attached hydrogens (tertiary/aromatic N) is 6. The van der Waals surface area contributed by atoms with E-state index in [2.05, 4.69) is 23.9 Å². The van der Waals surface area contributed by atoms with E-state index >= 15 is 0 Å². The summed E-state index contributed by atoms with van der Waals surface area (Å²) in [7, 11) is 0. The number of fused-ring (bicyclic) bond motifs is 1. The van der Waals surface area contributed by atoms with Gasteiger partial charge in [-0.2, -0.15) is 5.10 Å². The molecule has 1 fully saturated rings. The molecule has 31 heavy (non-hydrogen) atoms. The van der Waals surface area contributed by atoms with Gasteiger partial charge in [0.05, 0.1) is 12.6 Å². The second-order valence-electron chi connectivity index (χ2n) is 8.76. The van der Waals surface area contributed by atoms with Crippen LogP contribution in [0.3, 0.4) is 0 Å². The van der Waals surface area contributed by atoms with E-state index in [9.17, 15) is 9.59 Å². The van der Waals surface area contributed by atoms with Crippen molar-refractivity contribution >= 4 is 5.91 Å². The molecule has 3 aromatic heterocycles. The van der Waals surface area contributed by atoms with Crippen LogP contribution in [-0.4, -0.2) is 41.7 Å².